The van der Waals surface area contributed by atoms with Gasteiger partial charge in [-0.1, -0.05) is 12.8 Å². The van der Waals surface area contributed by atoms with Gasteiger partial charge in [-0.05, 0) is 53.7 Å². The number of amides is 1. The largest absolute Gasteiger partial charge is 0.342 e. The molecule has 0 aliphatic carbocycles. The molecule has 1 amide bonds. The van der Waals surface area contributed by atoms with Gasteiger partial charge in [-0.25, -0.2) is 8.42 Å². The van der Waals surface area contributed by atoms with Crippen molar-refractivity contribution in [2.75, 3.05) is 26.2 Å². The Morgan fingerprint density at radius 3 is 2.21 bits per heavy atom. The minimum Gasteiger partial charge on any atom is -0.342 e. The van der Waals surface area contributed by atoms with Crippen LogP contribution in [0.5, 0.6) is 0 Å². The van der Waals surface area contributed by atoms with Crippen LogP contribution >= 0.6 is 27.3 Å². The van der Waals surface area contributed by atoms with Crippen LogP contribution in [0.4, 0.5) is 0 Å². The molecule has 3 heterocycles. The highest BCUT2D eigenvalue weighted by atomic mass is 79.9. The van der Waals surface area contributed by atoms with E-state index in [1.54, 1.807) is 12.1 Å². The van der Waals surface area contributed by atoms with Gasteiger partial charge in [0.2, 0.25) is 5.91 Å². The van der Waals surface area contributed by atoms with E-state index in [1.165, 1.54) is 28.5 Å². The molecule has 1 aromatic heterocycles. The van der Waals surface area contributed by atoms with Gasteiger partial charge in [0.1, 0.15) is 4.21 Å². The third kappa shape index (κ3) is 4.03. The summed E-state index contributed by atoms with van der Waals surface area (Å²) in [6.45, 7) is 2.59. The summed E-state index contributed by atoms with van der Waals surface area (Å²) in [5, 5.41) is 0. The van der Waals surface area contributed by atoms with Crippen LogP contribution in [0.3, 0.4) is 0 Å². The molecular formula is C16H23BrN2O3S2. The van der Waals surface area contributed by atoms with E-state index in [1.807, 2.05) is 4.90 Å². The molecule has 0 saturated carbocycles. The number of carbonyl (C=O) groups excluding carboxylic acids is 1. The fourth-order valence-electron chi connectivity index (χ4n) is 3.46. The molecule has 2 aliphatic rings. The average Bonchev–Trinajstić information content (AvgIpc) is 2.86. The minimum absolute atomic E-state index is 0.0235. The monoisotopic (exact) mass is 434 g/mol. The SMILES string of the molecule is O=C(C1CCN(S(=O)(=O)c2ccc(Br)s2)CC1)N1CCCCCC1. The number of nitrogens with zero attached hydrogens (tertiary/aromatic N) is 2. The molecule has 0 aromatic carbocycles. The number of rotatable bonds is 3. The molecule has 2 fully saturated rings. The van der Waals surface area contributed by atoms with Crippen LogP contribution in [0.1, 0.15) is 38.5 Å². The van der Waals surface area contributed by atoms with Crippen LogP contribution in [0.2, 0.25) is 0 Å². The summed E-state index contributed by atoms with van der Waals surface area (Å²) in [4.78, 5) is 14.7. The molecule has 5 nitrogen and oxygen atoms in total. The fourth-order valence-corrected chi connectivity index (χ4v) is 7.09. The number of carbonyl (C=O) groups is 1. The molecular weight excluding hydrogens is 412 g/mol. The number of likely N-dealkylation sites (tertiary alicyclic amines) is 1. The lowest BCUT2D eigenvalue weighted by Crippen LogP contribution is -2.44. The van der Waals surface area contributed by atoms with Crippen LogP contribution in [0.25, 0.3) is 0 Å². The number of piperidine rings is 1. The number of hydrogen-bond acceptors (Lipinski definition) is 4. The van der Waals surface area contributed by atoms with Gasteiger partial charge in [0.15, 0.2) is 0 Å². The van der Waals surface area contributed by atoms with Gasteiger partial charge in [-0.2, -0.15) is 4.31 Å². The molecule has 0 radical (unpaired) electrons. The van der Waals surface area contributed by atoms with Crippen molar-refractivity contribution < 1.29 is 13.2 Å². The molecule has 3 rings (SSSR count). The molecule has 0 atom stereocenters. The Kier molecular flexibility index (Phi) is 6.00. The van der Waals surface area contributed by atoms with E-state index in [9.17, 15) is 13.2 Å². The van der Waals surface area contributed by atoms with Gasteiger partial charge in [0, 0.05) is 32.1 Å². The van der Waals surface area contributed by atoms with Crippen molar-refractivity contribution in [3.63, 3.8) is 0 Å². The zero-order chi connectivity index (χ0) is 17.2. The minimum atomic E-state index is -3.42. The Balaban J connectivity index is 1.60. The fraction of sp³-hybridized carbons (Fsp3) is 0.688. The Morgan fingerprint density at radius 1 is 1.04 bits per heavy atom. The summed E-state index contributed by atoms with van der Waals surface area (Å²) in [6.07, 6.45) is 5.84. The molecule has 2 aliphatic heterocycles. The third-order valence-corrected chi connectivity index (χ3v) is 8.85. The van der Waals surface area contributed by atoms with E-state index in [-0.39, 0.29) is 11.8 Å². The van der Waals surface area contributed by atoms with Gasteiger partial charge in [-0.3, -0.25) is 4.79 Å². The first-order valence-electron chi connectivity index (χ1n) is 8.53. The van der Waals surface area contributed by atoms with Crippen LogP contribution < -0.4 is 0 Å². The van der Waals surface area contributed by atoms with E-state index < -0.39 is 10.0 Å². The van der Waals surface area contributed by atoms with Crippen molar-refractivity contribution in [3.05, 3.63) is 15.9 Å². The molecule has 0 unspecified atom stereocenters. The molecule has 134 valence electrons. The first kappa shape index (κ1) is 18.4. The van der Waals surface area contributed by atoms with E-state index in [4.69, 9.17) is 0 Å². The number of hydrogen-bond donors (Lipinski definition) is 0. The van der Waals surface area contributed by atoms with Gasteiger partial charge < -0.3 is 4.90 Å². The number of halogens is 1. The maximum atomic E-state index is 12.7. The van der Waals surface area contributed by atoms with Crippen LogP contribution in [0, 0.1) is 5.92 Å². The van der Waals surface area contributed by atoms with Crippen molar-refractivity contribution >= 4 is 43.2 Å². The molecule has 8 heteroatoms. The molecule has 1 aromatic rings. The summed E-state index contributed by atoms with van der Waals surface area (Å²) in [7, 11) is -3.42. The predicted molar refractivity (Wildman–Crippen MR) is 98.5 cm³/mol. The second-order valence-electron chi connectivity index (χ2n) is 6.48. The predicted octanol–water partition coefficient (Wildman–Crippen LogP) is 3.31. The maximum Gasteiger partial charge on any atom is 0.252 e. The zero-order valence-electron chi connectivity index (χ0n) is 13.6. The summed E-state index contributed by atoms with van der Waals surface area (Å²) < 4.78 is 28.0. The summed E-state index contributed by atoms with van der Waals surface area (Å²) >= 11 is 4.55. The van der Waals surface area contributed by atoms with Crippen molar-refractivity contribution in [2.45, 2.75) is 42.7 Å². The van der Waals surface area contributed by atoms with Crippen LogP contribution in [0.15, 0.2) is 20.1 Å². The van der Waals surface area contributed by atoms with Gasteiger partial charge in [0.25, 0.3) is 10.0 Å². The summed E-state index contributed by atoms with van der Waals surface area (Å²) in [6, 6.07) is 3.39. The van der Waals surface area contributed by atoms with E-state index in [0.717, 1.165) is 29.7 Å². The lowest BCUT2D eigenvalue weighted by molar-refractivity contribution is -0.136. The molecule has 0 spiro atoms. The average molecular weight is 435 g/mol. The standard InChI is InChI=1S/C16H23BrN2O3S2/c17-14-5-6-15(23-14)24(21,22)19-11-7-13(8-12-19)16(20)18-9-3-1-2-4-10-18/h5-6,13H,1-4,7-12H2. The Bertz CT molecular complexity index is 673. The van der Waals surface area contributed by atoms with Crippen molar-refractivity contribution in [3.8, 4) is 0 Å². The maximum absolute atomic E-state index is 12.7. The second kappa shape index (κ2) is 7.85. The Morgan fingerprint density at radius 2 is 1.67 bits per heavy atom. The molecule has 0 bridgehead atoms. The Labute approximate surface area is 156 Å². The van der Waals surface area contributed by atoms with Gasteiger partial charge >= 0.3 is 0 Å². The van der Waals surface area contributed by atoms with Crippen molar-refractivity contribution in [1.29, 1.82) is 0 Å². The summed E-state index contributed by atoms with van der Waals surface area (Å²) in [5.41, 5.74) is 0. The number of thiophene rings is 1. The van der Waals surface area contributed by atoms with Crippen LogP contribution in [-0.2, 0) is 14.8 Å². The summed E-state index contributed by atoms with van der Waals surface area (Å²) in [5.74, 6) is 0.206. The van der Waals surface area contributed by atoms with E-state index in [0.29, 0.717) is 30.1 Å². The lowest BCUT2D eigenvalue weighted by Gasteiger charge is -2.33. The third-order valence-electron chi connectivity index (χ3n) is 4.86. The highest BCUT2D eigenvalue weighted by Crippen LogP contribution is 2.31. The van der Waals surface area contributed by atoms with Crippen LogP contribution in [-0.4, -0.2) is 49.7 Å². The zero-order valence-corrected chi connectivity index (χ0v) is 16.8. The normalized spacial score (nSPS) is 21.6. The highest BCUT2D eigenvalue weighted by molar-refractivity contribution is 9.11. The van der Waals surface area contributed by atoms with Crippen molar-refractivity contribution in [1.82, 2.24) is 9.21 Å². The molecule has 24 heavy (non-hydrogen) atoms. The highest BCUT2D eigenvalue weighted by Gasteiger charge is 2.34. The molecule has 0 N–H and O–H groups in total. The van der Waals surface area contributed by atoms with Gasteiger partial charge in [-0.15, -0.1) is 11.3 Å². The topological polar surface area (TPSA) is 57.7 Å². The first-order valence-corrected chi connectivity index (χ1v) is 11.6. The number of sulfonamides is 1. The smallest absolute Gasteiger partial charge is 0.252 e. The van der Waals surface area contributed by atoms with Crippen molar-refractivity contribution in [2.24, 2.45) is 5.92 Å². The van der Waals surface area contributed by atoms with E-state index >= 15 is 0 Å². The quantitative estimate of drug-likeness (QED) is 0.732. The second-order valence-corrected chi connectivity index (χ2v) is 11.1. The molecule has 2 saturated heterocycles. The first-order chi connectivity index (χ1) is 11.5. The Hall–Kier alpha value is -0.440. The lowest BCUT2D eigenvalue weighted by atomic mass is 9.96. The van der Waals surface area contributed by atoms with E-state index in [2.05, 4.69) is 15.9 Å². The van der Waals surface area contributed by atoms with Gasteiger partial charge in [0.05, 0.1) is 3.79 Å².